The largest absolute Gasteiger partial charge is 0.233 e. The molecule has 0 aliphatic carbocycles. The van der Waals surface area contributed by atoms with Gasteiger partial charge in [0, 0.05) is 16.4 Å². The Kier molecular flexibility index (Phi) is 3.40. The van der Waals surface area contributed by atoms with Gasteiger partial charge in [0.2, 0.25) is 0 Å². The van der Waals surface area contributed by atoms with Gasteiger partial charge in [-0.05, 0) is 40.4 Å². The van der Waals surface area contributed by atoms with Gasteiger partial charge >= 0.3 is 0 Å². The monoisotopic (exact) mass is 296 g/mol. The number of hydrogen-bond donors (Lipinski definition) is 0. The third-order valence-electron chi connectivity index (χ3n) is 2.36. The molecule has 0 radical (unpaired) electrons. The van der Waals surface area contributed by atoms with Gasteiger partial charge in [0.1, 0.15) is 10.4 Å². The van der Waals surface area contributed by atoms with Crippen molar-refractivity contribution in [3.05, 3.63) is 32.8 Å². The van der Waals surface area contributed by atoms with Crippen LogP contribution in [0, 0.1) is 6.92 Å². The van der Waals surface area contributed by atoms with Crippen molar-refractivity contribution in [2.24, 2.45) is 0 Å². The Morgan fingerprint density at radius 2 is 2.06 bits per heavy atom. The number of thiophene rings is 1. The molecule has 0 unspecified atom stereocenters. The highest BCUT2D eigenvalue weighted by atomic mass is 79.9. The Labute approximate surface area is 108 Å². The summed E-state index contributed by atoms with van der Waals surface area (Å²) in [6.45, 7) is 6.32. The van der Waals surface area contributed by atoms with Crippen LogP contribution < -0.4 is 0 Å². The predicted octanol–water partition coefficient (Wildman–Crippen LogP) is 4.40. The molecule has 0 fully saturated rings. The molecule has 2 rings (SSSR count). The minimum absolute atomic E-state index is 0.343. The highest BCUT2D eigenvalue weighted by Crippen LogP contribution is 2.28. The molecular formula is C12H13BrN2S. The molecule has 0 saturated heterocycles. The van der Waals surface area contributed by atoms with E-state index in [1.807, 2.05) is 6.07 Å². The molecule has 0 atom stereocenters. The normalized spacial score (nSPS) is 11.1. The summed E-state index contributed by atoms with van der Waals surface area (Å²) in [4.78, 5) is 10.3. The lowest BCUT2D eigenvalue weighted by Crippen LogP contribution is -1.99. The third-order valence-corrected chi connectivity index (χ3v) is 3.62. The van der Waals surface area contributed by atoms with E-state index in [2.05, 4.69) is 58.1 Å². The average molecular weight is 297 g/mol. The van der Waals surface area contributed by atoms with Gasteiger partial charge in [-0.25, -0.2) is 9.97 Å². The van der Waals surface area contributed by atoms with Crippen molar-refractivity contribution in [2.45, 2.75) is 26.7 Å². The first kappa shape index (κ1) is 11.7. The number of halogens is 1. The minimum atomic E-state index is 0.343. The highest BCUT2D eigenvalue weighted by molar-refractivity contribution is 9.10. The van der Waals surface area contributed by atoms with E-state index in [4.69, 9.17) is 0 Å². The second-order valence-electron chi connectivity index (χ2n) is 3.98. The van der Waals surface area contributed by atoms with E-state index in [1.165, 1.54) is 10.4 Å². The van der Waals surface area contributed by atoms with Crippen molar-refractivity contribution in [1.82, 2.24) is 9.97 Å². The summed E-state index contributed by atoms with van der Waals surface area (Å²) in [6, 6.07) is 4.08. The molecule has 0 bridgehead atoms. The molecule has 84 valence electrons. The molecule has 0 aliphatic heterocycles. The third kappa shape index (κ3) is 2.33. The molecule has 2 heterocycles. The molecule has 16 heavy (non-hydrogen) atoms. The molecule has 2 aromatic heterocycles. The van der Waals surface area contributed by atoms with Crippen LogP contribution in [-0.2, 0) is 0 Å². The lowest BCUT2D eigenvalue weighted by atomic mass is 10.1. The number of aromatic nitrogens is 2. The van der Waals surface area contributed by atoms with Crippen LogP contribution in [0.15, 0.2) is 22.1 Å². The first-order valence-corrected chi connectivity index (χ1v) is 6.84. The van der Waals surface area contributed by atoms with E-state index >= 15 is 0 Å². The summed E-state index contributed by atoms with van der Waals surface area (Å²) in [7, 11) is 0. The molecule has 0 N–H and O–H groups in total. The molecule has 0 amide bonds. The van der Waals surface area contributed by atoms with Crippen molar-refractivity contribution in [1.29, 1.82) is 0 Å². The second kappa shape index (κ2) is 4.63. The summed E-state index contributed by atoms with van der Waals surface area (Å²) >= 11 is 5.19. The number of hydrogen-bond acceptors (Lipinski definition) is 3. The number of nitrogens with zero attached hydrogens (tertiary/aromatic N) is 2. The first-order valence-electron chi connectivity index (χ1n) is 5.17. The first-order chi connectivity index (χ1) is 7.58. The highest BCUT2D eigenvalue weighted by Gasteiger charge is 2.10. The van der Waals surface area contributed by atoms with E-state index < -0.39 is 0 Å². The lowest BCUT2D eigenvalue weighted by molar-refractivity contribution is 0.771. The molecule has 2 nitrogen and oxygen atoms in total. The molecule has 0 saturated carbocycles. The van der Waals surface area contributed by atoms with Crippen molar-refractivity contribution in [3.63, 3.8) is 0 Å². The Morgan fingerprint density at radius 1 is 1.31 bits per heavy atom. The SMILES string of the molecule is Cc1sccc1-c1cc(Br)nc(C(C)C)n1. The maximum Gasteiger partial charge on any atom is 0.132 e. The Balaban J connectivity index is 2.54. The van der Waals surface area contributed by atoms with Crippen LogP contribution >= 0.6 is 27.3 Å². The molecule has 4 heteroatoms. The molecule has 0 aromatic carbocycles. The lowest BCUT2D eigenvalue weighted by Gasteiger charge is -2.07. The van der Waals surface area contributed by atoms with Gasteiger partial charge in [-0.1, -0.05) is 13.8 Å². The van der Waals surface area contributed by atoms with Crippen molar-refractivity contribution >= 4 is 27.3 Å². The standard InChI is InChI=1S/C12H13BrN2S/c1-7(2)12-14-10(6-11(13)15-12)9-4-5-16-8(9)3/h4-7H,1-3H3. The number of rotatable bonds is 2. The van der Waals surface area contributed by atoms with E-state index in [1.54, 1.807) is 11.3 Å². The maximum absolute atomic E-state index is 4.60. The fraction of sp³-hybridized carbons (Fsp3) is 0.333. The van der Waals surface area contributed by atoms with Crippen LogP contribution in [0.25, 0.3) is 11.3 Å². The second-order valence-corrected chi connectivity index (χ2v) is 5.91. The average Bonchev–Trinajstić information content (AvgIpc) is 2.63. The van der Waals surface area contributed by atoms with Crippen LogP contribution in [0.5, 0.6) is 0 Å². The van der Waals surface area contributed by atoms with Crippen molar-refractivity contribution in [3.8, 4) is 11.3 Å². The molecule has 0 spiro atoms. The molecule has 2 aromatic rings. The Bertz CT molecular complexity index is 505. The quantitative estimate of drug-likeness (QED) is 0.768. The summed E-state index contributed by atoms with van der Waals surface area (Å²) in [5, 5.41) is 2.09. The smallest absolute Gasteiger partial charge is 0.132 e. The molecular weight excluding hydrogens is 284 g/mol. The predicted molar refractivity (Wildman–Crippen MR) is 71.9 cm³/mol. The van der Waals surface area contributed by atoms with Gasteiger partial charge in [-0.15, -0.1) is 11.3 Å². The fourth-order valence-electron chi connectivity index (χ4n) is 1.48. The van der Waals surface area contributed by atoms with Crippen LogP contribution in [0.1, 0.15) is 30.5 Å². The zero-order chi connectivity index (χ0) is 11.7. The molecule has 0 aliphatic rings. The topological polar surface area (TPSA) is 25.8 Å². The van der Waals surface area contributed by atoms with Gasteiger partial charge in [-0.3, -0.25) is 0 Å². The van der Waals surface area contributed by atoms with E-state index in [9.17, 15) is 0 Å². The van der Waals surface area contributed by atoms with Crippen LogP contribution in [0.2, 0.25) is 0 Å². The Morgan fingerprint density at radius 3 is 2.62 bits per heavy atom. The summed E-state index contributed by atoms with van der Waals surface area (Å²) in [5.74, 6) is 1.23. The Hall–Kier alpha value is -0.740. The summed E-state index contributed by atoms with van der Waals surface area (Å²) in [6.07, 6.45) is 0. The van der Waals surface area contributed by atoms with Crippen molar-refractivity contribution < 1.29 is 0 Å². The number of aryl methyl sites for hydroxylation is 1. The summed E-state index contributed by atoms with van der Waals surface area (Å²) < 4.78 is 0.854. The van der Waals surface area contributed by atoms with Gasteiger partial charge in [0.15, 0.2) is 0 Å². The van der Waals surface area contributed by atoms with Crippen LogP contribution in [0.4, 0.5) is 0 Å². The van der Waals surface area contributed by atoms with Crippen molar-refractivity contribution in [2.75, 3.05) is 0 Å². The van der Waals surface area contributed by atoms with E-state index in [0.717, 1.165) is 16.1 Å². The van der Waals surface area contributed by atoms with E-state index in [0.29, 0.717) is 5.92 Å². The summed E-state index contributed by atoms with van der Waals surface area (Å²) in [5.41, 5.74) is 2.21. The van der Waals surface area contributed by atoms with Gasteiger partial charge < -0.3 is 0 Å². The van der Waals surface area contributed by atoms with Gasteiger partial charge in [-0.2, -0.15) is 0 Å². The minimum Gasteiger partial charge on any atom is -0.233 e. The van der Waals surface area contributed by atoms with Crippen LogP contribution in [-0.4, -0.2) is 9.97 Å². The van der Waals surface area contributed by atoms with Gasteiger partial charge in [0.05, 0.1) is 5.69 Å². The zero-order valence-corrected chi connectivity index (χ0v) is 11.9. The maximum atomic E-state index is 4.60. The zero-order valence-electron chi connectivity index (χ0n) is 9.49. The fourth-order valence-corrected chi connectivity index (χ4v) is 2.59. The van der Waals surface area contributed by atoms with E-state index in [-0.39, 0.29) is 0 Å². The van der Waals surface area contributed by atoms with Crippen LogP contribution in [0.3, 0.4) is 0 Å². The van der Waals surface area contributed by atoms with Gasteiger partial charge in [0.25, 0.3) is 0 Å².